The van der Waals surface area contributed by atoms with Crippen LogP contribution in [0.5, 0.6) is 0 Å². The van der Waals surface area contributed by atoms with Crippen molar-refractivity contribution in [1.29, 1.82) is 0 Å². The highest BCUT2D eigenvalue weighted by atomic mass is 16.5. The highest BCUT2D eigenvalue weighted by Crippen LogP contribution is 2.35. The number of carbonyl (C=O) groups is 1. The summed E-state index contributed by atoms with van der Waals surface area (Å²) in [6.07, 6.45) is 5.24. The third-order valence-electron chi connectivity index (χ3n) is 5.34. The van der Waals surface area contributed by atoms with Crippen molar-refractivity contribution in [2.45, 2.75) is 18.3 Å². The lowest BCUT2D eigenvalue weighted by atomic mass is 9.73. The summed E-state index contributed by atoms with van der Waals surface area (Å²) >= 11 is 0. The zero-order chi connectivity index (χ0) is 19.9. The fraction of sp³-hybridized carbons (Fsp3) is 0.318. The van der Waals surface area contributed by atoms with E-state index >= 15 is 0 Å². The van der Waals surface area contributed by atoms with Crippen LogP contribution in [0, 0.1) is 0 Å². The molecule has 2 aromatic heterocycles. The molecule has 0 saturated carbocycles. The van der Waals surface area contributed by atoms with E-state index in [1.165, 1.54) is 0 Å². The van der Waals surface area contributed by atoms with Crippen LogP contribution in [0.2, 0.25) is 0 Å². The molecule has 0 aliphatic carbocycles. The lowest BCUT2D eigenvalue weighted by Gasteiger charge is -2.36. The molecule has 1 saturated heterocycles. The molecule has 2 N–H and O–H groups in total. The van der Waals surface area contributed by atoms with Gasteiger partial charge in [0.15, 0.2) is 5.82 Å². The van der Waals surface area contributed by atoms with Crippen molar-refractivity contribution in [3.63, 3.8) is 0 Å². The monoisotopic (exact) mass is 391 g/mol. The van der Waals surface area contributed by atoms with Gasteiger partial charge in [0.1, 0.15) is 5.82 Å². The van der Waals surface area contributed by atoms with Crippen molar-refractivity contribution in [3.05, 3.63) is 72.6 Å². The summed E-state index contributed by atoms with van der Waals surface area (Å²) in [6.45, 7) is 2.29. The smallest absolute Gasteiger partial charge is 0.230 e. The zero-order valence-electron chi connectivity index (χ0n) is 16.3. The number of nitrogens with one attached hydrogen (secondary N) is 2. The van der Waals surface area contributed by atoms with E-state index in [9.17, 15) is 4.79 Å². The fourth-order valence-electron chi connectivity index (χ4n) is 3.70. The average Bonchev–Trinajstić information content (AvgIpc) is 3.33. The van der Waals surface area contributed by atoms with Crippen molar-refractivity contribution in [2.24, 2.45) is 0 Å². The van der Waals surface area contributed by atoms with Gasteiger partial charge in [-0.25, -0.2) is 0 Å². The van der Waals surface area contributed by atoms with E-state index in [1.54, 1.807) is 0 Å². The molecule has 29 heavy (non-hydrogen) atoms. The molecule has 0 atom stereocenters. The molecule has 1 amide bonds. The number of ether oxygens (including phenoxy) is 1. The van der Waals surface area contributed by atoms with Crippen molar-refractivity contribution < 1.29 is 9.53 Å². The van der Waals surface area contributed by atoms with Crippen LogP contribution in [0.15, 0.2) is 67.0 Å². The van der Waals surface area contributed by atoms with E-state index in [1.807, 2.05) is 71.6 Å². The first-order chi connectivity index (χ1) is 14.3. The van der Waals surface area contributed by atoms with Gasteiger partial charge in [-0.3, -0.25) is 4.79 Å². The van der Waals surface area contributed by atoms with Gasteiger partial charge in [0.25, 0.3) is 0 Å². The minimum Gasteiger partial charge on any atom is -0.381 e. The third-order valence-corrected chi connectivity index (χ3v) is 5.34. The van der Waals surface area contributed by atoms with Gasteiger partial charge in [0, 0.05) is 38.7 Å². The molecule has 3 heterocycles. The Morgan fingerprint density at radius 1 is 0.966 bits per heavy atom. The first-order valence-corrected chi connectivity index (χ1v) is 9.90. The van der Waals surface area contributed by atoms with E-state index in [2.05, 4.69) is 20.8 Å². The normalized spacial score (nSPS) is 15.6. The van der Waals surface area contributed by atoms with Crippen LogP contribution in [0.4, 0.5) is 5.82 Å². The molecular weight excluding hydrogens is 366 g/mol. The van der Waals surface area contributed by atoms with Gasteiger partial charge in [-0.2, -0.15) is 0 Å². The van der Waals surface area contributed by atoms with Crippen molar-refractivity contribution in [3.8, 4) is 5.82 Å². The molecule has 0 radical (unpaired) electrons. The quantitative estimate of drug-likeness (QED) is 0.605. The van der Waals surface area contributed by atoms with Crippen molar-refractivity contribution >= 4 is 11.7 Å². The highest BCUT2D eigenvalue weighted by molar-refractivity contribution is 5.88. The van der Waals surface area contributed by atoms with E-state index < -0.39 is 5.41 Å². The first kappa shape index (κ1) is 19.1. The number of nitrogens with zero attached hydrogens (tertiary/aromatic N) is 3. The summed E-state index contributed by atoms with van der Waals surface area (Å²) in [4.78, 5) is 13.1. The molecule has 4 rings (SSSR count). The molecule has 0 bridgehead atoms. The Labute approximate surface area is 170 Å². The number of hydrogen-bond donors (Lipinski definition) is 2. The SMILES string of the molecule is O=C(NCCNc1ccc(-n2cccc2)nn1)C1(c2ccccc2)CCOCC1. The molecule has 1 aliphatic rings. The number of anilines is 1. The summed E-state index contributed by atoms with van der Waals surface area (Å²) in [5, 5.41) is 14.7. The Bertz CT molecular complexity index is 904. The summed E-state index contributed by atoms with van der Waals surface area (Å²) < 4.78 is 7.40. The van der Waals surface area contributed by atoms with E-state index in [0.717, 1.165) is 11.4 Å². The Balaban J connectivity index is 1.32. The number of benzene rings is 1. The maximum Gasteiger partial charge on any atom is 0.230 e. The Hall–Kier alpha value is -3.19. The number of hydrogen-bond acceptors (Lipinski definition) is 5. The Morgan fingerprint density at radius 3 is 2.41 bits per heavy atom. The van der Waals surface area contributed by atoms with Crippen LogP contribution in [-0.4, -0.2) is 47.0 Å². The first-order valence-electron chi connectivity index (χ1n) is 9.90. The molecule has 150 valence electrons. The minimum absolute atomic E-state index is 0.0582. The van der Waals surface area contributed by atoms with Crippen molar-refractivity contribution in [2.75, 3.05) is 31.6 Å². The maximum absolute atomic E-state index is 13.1. The minimum atomic E-state index is -0.516. The van der Waals surface area contributed by atoms with Crippen LogP contribution < -0.4 is 10.6 Å². The largest absolute Gasteiger partial charge is 0.381 e. The maximum atomic E-state index is 13.1. The number of amides is 1. The number of carbonyl (C=O) groups excluding carboxylic acids is 1. The Kier molecular flexibility index (Phi) is 5.86. The predicted molar refractivity (Wildman–Crippen MR) is 111 cm³/mol. The molecule has 0 unspecified atom stereocenters. The summed E-state index contributed by atoms with van der Waals surface area (Å²) in [6, 6.07) is 17.7. The zero-order valence-corrected chi connectivity index (χ0v) is 16.3. The molecule has 3 aromatic rings. The van der Waals surface area contributed by atoms with Crippen LogP contribution in [0.25, 0.3) is 5.82 Å². The van der Waals surface area contributed by atoms with Crippen LogP contribution >= 0.6 is 0 Å². The standard InChI is InChI=1S/C22H25N5O2/c28-21(22(10-16-29-17-11-22)18-6-2-1-3-7-18)24-13-12-23-19-8-9-20(26-25-19)27-14-4-5-15-27/h1-9,14-15H,10-13,16-17H2,(H,23,25)(H,24,28). The van der Waals surface area contributed by atoms with Gasteiger partial charge in [-0.1, -0.05) is 30.3 Å². The van der Waals surface area contributed by atoms with Gasteiger partial charge in [-0.05, 0) is 42.7 Å². The van der Waals surface area contributed by atoms with Gasteiger partial charge in [0.05, 0.1) is 5.41 Å². The molecule has 1 aliphatic heterocycles. The van der Waals surface area contributed by atoms with Gasteiger partial charge in [-0.15, -0.1) is 10.2 Å². The topological polar surface area (TPSA) is 81.1 Å². The van der Waals surface area contributed by atoms with E-state index in [4.69, 9.17) is 4.74 Å². The molecular formula is C22H25N5O2. The van der Waals surface area contributed by atoms with Crippen LogP contribution in [0.3, 0.4) is 0 Å². The van der Waals surface area contributed by atoms with E-state index in [0.29, 0.717) is 45.0 Å². The van der Waals surface area contributed by atoms with Crippen molar-refractivity contribution in [1.82, 2.24) is 20.1 Å². The van der Waals surface area contributed by atoms with Gasteiger partial charge >= 0.3 is 0 Å². The molecule has 7 nitrogen and oxygen atoms in total. The second-order valence-electron chi connectivity index (χ2n) is 7.11. The lowest BCUT2D eigenvalue weighted by molar-refractivity contribution is -0.130. The summed E-state index contributed by atoms with van der Waals surface area (Å²) in [7, 11) is 0. The molecule has 0 spiro atoms. The van der Waals surface area contributed by atoms with Gasteiger partial charge < -0.3 is 19.9 Å². The second-order valence-corrected chi connectivity index (χ2v) is 7.11. The third kappa shape index (κ3) is 4.30. The number of aromatic nitrogens is 3. The Morgan fingerprint density at radius 2 is 1.72 bits per heavy atom. The highest BCUT2D eigenvalue weighted by Gasteiger charge is 2.41. The molecule has 1 aromatic carbocycles. The van der Waals surface area contributed by atoms with E-state index in [-0.39, 0.29) is 5.91 Å². The van der Waals surface area contributed by atoms with Crippen LogP contribution in [-0.2, 0) is 14.9 Å². The second kappa shape index (κ2) is 8.87. The molecule has 1 fully saturated rings. The summed E-state index contributed by atoms with van der Waals surface area (Å²) in [5.41, 5.74) is 0.540. The lowest BCUT2D eigenvalue weighted by Crippen LogP contribution is -2.49. The molecule has 7 heteroatoms. The fourth-order valence-corrected chi connectivity index (χ4v) is 3.70. The van der Waals surface area contributed by atoms with Crippen LogP contribution in [0.1, 0.15) is 18.4 Å². The number of rotatable bonds is 7. The predicted octanol–water partition coefficient (Wildman–Crippen LogP) is 2.54. The van der Waals surface area contributed by atoms with Gasteiger partial charge in [0.2, 0.25) is 5.91 Å². The average molecular weight is 391 g/mol. The summed E-state index contributed by atoms with van der Waals surface area (Å²) in [5.74, 6) is 1.50.